The van der Waals surface area contributed by atoms with Crippen molar-refractivity contribution in [3.05, 3.63) is 65.2 Å². The molecule has 7 heteroatoms. The maximum Gasteiger partial charge on any atom is 0.329 e. The minimum Gasteiger partial charge on any atom is -0.451 e. The van der Waals surface area contributed by atoms with Crippen LogP contribution in [0.5, 0.6) is 0 Å². The molecule has 0 saturated heterocycles. The predicted molar refractivity (Wildman–Crippen MR) is 109 cm³/mol. The maximum absolute atomic E-state index is 12.3. The van der Waals surface area contributed by atoms with E-state index < -0.39 is 29.9 Å². The van der Waals surface area contributed by atoms with Gasteiger partial charge in [-0.1, -0.05) is 29.8 Å². The monoisotopic (exact) mass is 396 g/mol. The lowest BCUT2D eigenvalue weighted by molar-refractivity contribution is -0.154. The van der Waals surface area contributed by atoms with Crippen LogP contribution in [0.2, 0.25) is 0 Å². The molecule has 2 atom stereocenters. The molecule has 0 heterocycles. The first-order valence-electron chi connectivity index (χ1n) is 9.17. The van der Waals surface area contributed by atoms with Crippen molar-refractivity contribution in [2.24, 2.45) is 0 Å². The van der Waals surface area contributed by atoms with Gasteiger partial charge in [-0.3, -0.25) is 14.4 Å². The second-order valence-corrected chi connectivity index (χ2v) is 6.77. The first-order valence-corrected chi connectivity index (χ1v) is 9.17. The van der Waals surface area contributed by atoms with Crippen LogP contribution >= 0.6 is 0 Å². The van der Waals surface area contributed by atoms with Crippen molar-refractivity contribution < 1.29 is 23.9 Å². The third-order valence-corrected chi connectivity index (χ3v) is 4.18. The summed E-state index contributed by atoms with van der Waals surface area (Å²) in [5.74, 6) is -1.81. The highest BCUT2D eigenvalue weighted by Crippen LogP contribution is 2.12. The smallest absolute Gasteiger partial charge is 0.329 e. The van der Waals surface area contributed by atoms with Gasteiger partial charge in [-0.25, -0.2) is 4.79 Å². The van der Waals surface area contributed by atoms with Crippen LogP contribution in [0.4, 0.5) is 5.69 Å². The van der Waals surface area contributed by atoms with Gasteiger partial charge >= 0.3 is 5.97 Å². The first-order chi connectivity index (χ1) is 13.7. The Balaban J connectivity index is 1.91. The number of hydrogen-bond donors (Lipinski definition) is 2. The van der Waals surface area contributed by atoms with Gasteiger partial charge in [-0.2, -0.15) is 0 Å². The number of aryl methyl sites for hydroxylation is 1. The fourth-order valence-electron chi connectivity index (χ4n) is 2.51. The van der Waals surface area contributed by atoms with Crippen molar-refractivity contribution in [1.29, 1.82) is 0 Å². The second-order valence-electron chi connectivity index (χ2n) is 6.77. The van der Waals surface area contributed by atoms with Gasteiger partial charge in [-0.05, 0) is 52.0 Å². The highest BCUT2D eigenvalue weighted by molar-refractivity contribution is 5.99. The maximum atomic E-state index is 12.3. The van der Waals surface area contributed by atoms with Crippen molar-refractivity contribution in [3.8, 4) is 0 Å². The van der Waals surface area contributed by atoms with Crippen molar-refractivity contribution in [2.75, 3.05) is 5.32 Å². The number of Topliss-reactive ketones (excluding diaryl/α,β-unsaturated/α-hetero) is 1. The summed E-state index contributed by atoms with van der Waals surface area (Å²) < 4.78 is 5.15. The van der Waals surface area contributed by atoms with Gasteiger partial charge in [0.25, 0.3) is 11.8 Å². The van der Waals surface area contributed by atoms with Crippen LogP contribution in [-0.4, -0.2) is 35.7 Å². The molecular weight excluding hydrogens is 372 g/mol. The Morgan fingerprint density at radius 1 is 0.931 bits per heavy atom. The minimum atomic E-state index is -1.08. The van der Waals surface area contributed by atoms with E-state index in [9.17, 15) is 19.2 Å². The number of nitrogens with one attached hydrogen (secondary N) is 2. The third-order valence-electron chi connectivity index (χ3n) is 4.18. The summed E-state index contributed by atoms with van der Waals surface area (Å²) in [7, 11) is 0. The van der Waals surface area contributed by atoms with Gasteiger partial charge < -0.3 is 15.4 Å². The van der Waals surface area contributed by atoms with Crippen LogP contribution in [0, 0.1) is 6.92 Å². The molecule has 0 radical (unpaired) electrons. The molecule has 2 amide bonds. The molecular formula is C22H24N2O5. The molecule has 0 fully saturated rings. The zero-order valence-corrected chi connectivity index (χ0v) is 16.8. The molecule has 7 nitrogen and oxygen atoms in total. The number of anilines is 1. The average Bonchev–Trinajstić information content (AvgIpc) is 2.67. The number of hydrogen-bond acceptors (Lipinski definition) is 5. The Morgan fingerprint density at radius 2 is 1.59 bits per heavy atom. The topological polar surface area (TPSA) is 102 Å². The number of benzene rings is 2. The summed E-state index contributed by atoms with van der Waals surface area (Å²) in [4.78, 5) is 48.2. The molecule has 0 bridgehead atoms. The lowest BCUT2D eigenvalue weighted by atomic mass is 10.1. The number of ether oxygens (including phenoxy) is 1. The van der Waals surface area contributed by atoms with Crippen LogP contribution in [0.3, 0.4) is 0 Å². The summed E-state index contributed by atoms with van der Waals surface area (Å²) in [6.45, 7) is 6.20. The highest BCUT2D eigenvalue weighted by atomic mass is 16.5. The molecule has 2 N–H and O–H groups in total. The van der Waals surface area contributed by atoms with Crippen molar-refractivity contribution in [1.82, 2.24) is 5.32 Å². The van der Waals surface area contributed by atoms with Gasteiger partial charge in [0.05, 0.1) is 0 Å². The molecule has 2 aromatic rings. The summed E-state index contributed by atoms with van der Waals surface area (Å²) >= 11 is 0. The zero-order chi connectivity index (χ0) is 21.6. The quantitative estimate of drug-likeness (QED) is 0.553. The Bertz CT molecular complexity index is 938. The highest BCUT2D eigenvalue weighted by Gasteiger charge is 2.23. The van der Waals surface area contributed by atoms with E-state index in [1.807, 2.05) is 13.0 Å². The van der Waals surface area contributed by atoms with Crippen molar-refractivity contribution in [3.63, 3.8) is 0 Å². The standard InChI is InChI=1S/C22H24N2O5/c1-13-7-5-9-18(11-13)21(27)23-14(2)22(28)29-16(4)20(26)24-19-10-6-8-17(12-19)15(3)25/h5-12,14,16H,1-4H3,(H,23,27)(H,24,26)/t14-,16+/m0/s1. The van der Waals surface area contributed by atoms with E-state index in [1.165, 1.54) is 20.8 Å². The third kappa shape index (κ3) is 6.27. The SMILES string of the molecule is CC(=O)c1cccc(NC(=O)[C@@H](C)OC(=O)[C@H](C)NC(=O)c2cccc(C)c2)c1. The van der Waals surface area contributed by atoms with E-state index in [4.69, 9.17) is 4.74 Å². The van der Waals surface area contributed by atoms with Crippen LogP contribution < -0.4 is 10.6 Å². The fourth-order valence-corrected chi connectivity index (χ4v) is 2.51. The molecule has 2 aromatic carbocycles. The van der Waals surface area contributed by atoms with Crippen LogP contribution in [0.25, 0.3) is 0 Å². The van der Waals surface area contributed by atoms with Crippen LogP contribution in [0.1, 0.15) is 47.1 Å². The van der Waals surface area contributed by atoms with E-state index in [2.05, 4.69) is 10.6 Å². The van der Waals surface area contributed by atoms with E-state index >= 15 is 0 Å². The Kier molecular flexibility index (Phi) is 7.25. The minimum absolute atomic E-state index is 0.126. The lowest BCUT2D eigenvalue weighted by Crippen LogP contribution is -2.42. The number of ketones is 1. The number of carbonyl (C=O) groups is 4. The van der Waals surface area contributed by atoms with Crippen LogP contribution in [0.15, 0.2) is 48.5 Å². The van der Waals surface area contributed by atoms with E-state index in [0.29, 0.717) is 16.8 Å². The Labute approximate surface area is 169 Å². The van der Waals surface area contributed by atoms with Crippen LogP contribution in [-0.2, 0) is 14.3 Å². The van der Waals surface area contributed by atoms with Crippen molar-refractivity contribution in [2.45, 2.75) is 39.8 Å². The number of rotatable bonds is 7. The number of esters is 1. The van der Waals surface area contributed by atoms with Gasteiger partial charge in [-0.15, -0.1) is 0 Å². The average molecular weight is 396 g/mol. The van der Waals surface area contributed by atoms with Crippen molar-refractivity contribution >= 4 is 29.3 Å². The largest absolute Gasteiger partial charge is 0.451 e. The fraction of sp³-hybridized carbons (Fsp3) is 0.273. The Hall–Kier alpha value is -3.48. The molecule has 29 heavy (non-hydrogen) atoms. The molecule has 152 valence electrons. The molecule has 0 aliphatic rings. The molecule has 0 aromatic heterocycles. The van der Waals surface area contributed by atoms with E-state index in [0.717, 1.165) is 5.56 Å². The molecule has 0 unspecified atom stereocenters. The molecule has 0 aliphatic heterocycles. The predicted octanol–water partition coefficient (Wildman–Crippen LogP) is 2.89. The van der Waals surface area contributed by atoms with Gasteiger partial charge in [0.2, 0.25) is 0 Å². The Morgan fingerprint density at radius 3 is 2.24 bits per heavy atom. The van der Waals surface area contributed by atoms with E-state index in [-0.39, 0.29) is 5.78 Å². The summed E-state index contributed by atoms with van der Waals surface area (Å²) in [5, 5.41) is 5.15. The summed E-state index contributed by atoms with van der Waals surface area (Å²) in [5.41, 5.74) is 2.24. The normalized spacial score (nSPS) is 12.4. The number of amides is 2. The second kappa shape index (κ2) is 9.64. The van der Waals surface area contributed by atoms with Gasteiger partial charge in [0.1, 0.15) is 6.04 Å². The lowest BCUT2D eigenvalue weighted by Gasteiger charge is -2.18. The molecule has 2 rings (SSSR count). The molecule has 0 spiro atoms. The van der Waals surface area contributed by atoms with Gasteiger partial charge in [0.15, 0.2) is 11.9 Å². The summed E-state index contributed by atoms with van der Waals surface area (Å²) in [6.07, 6.45) is -1.08. The van der Waals surface area contributed by atoms with E-state index in [1.54, 1.807) is 42.5 Å². The number of carbonyl (C=O) groups excluding carboxylic acids is 4. The van der Waals surface area contributed by atoms with Gasteiger partial charge in [0, 0.05) is 16.8 Å². The molecule has 0 aliphatic carbocycles. The summed E-state index contributed by atoms with van der Waals surface area (Å²) in [6, 6.07) is 12.5. The first kappa shape index (κ1) is 21.8. The molecule has 0 saturated carbocycles. The zero-order valence-electron chi connectivity index (χ0n) is 16.8.